The molecule has 1 aromatic heterocycles. The maximum Gasteiger partial charge on any atom is 0.236 e. The first kappa shape index (κ1) is 15.0. The number of nitrogens with one attached hydrogen (secondary N) is 1. The molecule has 1 saturated heterocycles. The molecule has 6 heteroatoms. The van der Waals surface area contributed by atoms with E-state index in [1.807, 2.05) is 17.3 Å². The average Bonchev–Trinajstić information content (AvgIpc) is 2.77. The molecule has 1 fully saturated rings. The van der Waals surface area contributed by atoms with Gasteiger partial charge < -0.3 is 10.2 Å². The Kier molecular flexibility index (Phi) is 5.38. The summed E-state index contributed by atoms with van der Waals surface area (Å²) in [6, 6.07) is 2.50. The molecule has 0 radical (unpaired) electrons. The molecule has 1 amide bonds. The van der Waals surface area contributed by atoms with Crippen LogP contribution in [0.4, 0.5) is 0 Å². The van der Waals surface area contributed by atoms with E-state index in [9.17, 15) is 4.79 Å². The van der Waals surface area contributed by atoms with Gasteiger partial charge in [-0.05, 0) is 28.9 Å². The zero-order chi connectivity index (χ0) is 13.8. The zero-order valence-corrected chi connectivity index (χ0v) is 13.8. The van der Waals surface area contributed by atoms with E-state index in [-0.39, 0.29) is 5.91 Å². The van der Waals surface area contributed by atoms with Crippen LogP contribution < -0.4 is 5.32 Å². The SMILES string of the molecule is C[C@@H]1CNCCN1CC(=O)N(C)Cc1cc(Br)cs1. The minimum atomic E-state index is 0.193. The van der Waals surface area contributed by atoms with Crippen LogP contribution in [0.15, 0.2) is 15.9 Å². The van der Waals surface area contributed by atoms with E-state index < -0.39 is 0 Å². The number of piperazine rings is 1. The standard InChI is InChI=1S/C13H20BrN3OS/c1-10-6-15-3-4-17(10)8-13(18)16(2)7-12-5-11(14)9-19-12/h5,9-10,15H,3-4,6-8H2,1-2H3/t10-/m1/s1. The van der Waals surface area contributed by atoms with Gasteiger partial charge in [0.15, 0.2) is 0 Å². The van der Waals surface area contributed by atoms with Crippen LogP contribution in [0.2, 0.25) is 0 Å². The van der Waals surface area contributed by atoms with E-state index in [1.54, 1.807) is 11.3 Å². The molecule has 2 rings (SSSR count). The Bertz CT molecular complexity index is 437. The number of thiophene rings is 1. The minimum absolute atomic E-state index is 0.193. The smallest absolute Gasteiger partial charge is 0.236 e. The molecule has 0 spiro atoms. The number of carbonyl (C=O) groups excluding carboxylic acids is 1. The van der Waals surface area contributed by atoms with E-state index in [0.29, 0.717) is 19.1 Å². The normalized spacial score (nSPS) is 20.5. The third kappa shape index (κ3) is 4.27. The number of rotatable bonds is 4. The second-order valence-electron chi connectivity index (χ2n) is 5.00. The van der Waals surface area contributed by atoms with E-state index in [0.717, 1.165) is 24.1 Å². The second kappa shape index (κ2) is 6.83. The van der Waals surface area contributed by atoms with Crippen LogP contribution >= 0.6 is 27.3 Å². The van der Waals surface area contributed by atoms with Crippen LogP contribution in [0.25, 0.3) is 0 Å². The van der Waals surface area contributed by atoms with Crippen molar-refractivity contribution in [3.05, 3.63) is 20.8 Å². The lowest BCUT2D eigenvalue weighted by atomic mass is 10.2. The van der Waals surface area contributed by atoms with E-state index in [4.69, 9.17) is 0 Å². The molecule has 0 aliphatic carbocycles. The molecule has 2 heterocycles. The molecule has 106 valence electrons. The number of amides is 1. The van der Waals surface area contributed by atoms with Crippen LogP contribution in [0.1, 0.15) is 11.8 Å². The van der Waals surface area contributed by atoms with Crippen LogP contribution in [0.5, 0.6) is 0 Å². The lowest BCUT2D eigenvalue weighted by Gasteiger charge is -2.34. The summed E-state index contributed by atoms with van der Waals surface area (Å²) in [7, 11) is 1.88. The highest BCUT2D eigenvalue weighted by Gasteiger charge is 2.21. The quantitative estimate of drug-likeness (QED) is 0.903. The Labute approximate surface area is 126 Å². The Morgan fingerprint density at radius 2 is 2.47 bits per heavy atom. The third-order valence-corrected chi connectivity index (χ3v) is 5.10. The zero-order valence-electron chi connectivity index (χ0n) is 11.4. The summed E-state index contributed by atoms with van der Waals surface area (Å²) in [6.45, 7) is 6.26. The minimum Gasteiger partial charge on any atom is -0.340 e. The van der Waals surface area contributed by atoms with Crippen molar-refractivity contribution in [2.24, 2.45) is 0 Å². The summed E-state index contributed by atoms with van der Waals surface area (Å²) >= 11 is 5.12. The summed E-state index contributed by atoms with van der Waals surface area (Å²) in [5, 5.41) is 5.39. The summed E-state index contributed by atoms with van der Waals surface area (Å²) in [5.74, 6) is 0.193. The van der Waals surface area contributed by atoms with Gasteiger partial charge in [-0.1, -0.05) is 0 Å². The first-order valence-corrected chi connectivity index (χ1v) is 8.15. The van der Waals surface area contributed by atoms with Gasteiger partial charge in [-0.25, -0.2) is 0 Å². The van der Waals surface area contributed by atoms with Gasteiger partial charge in [0.25, 0.3) is 0 Å². The van der Waals surface area contributed by atoms with Gasteiger partial charge >= 0.3 is 0 Å². The maximum absolute atomic E-state index is 12.2. The molecule has 1 atom stereocenters. The Balaban J connectivity index is 1.85. The Morgan fingerprint density at radius 1 is 1.68 bits per heavy atom. The fraction of sp³-hybridized carbons (Fsp3) is 0.615. The summed E-state index contributed by atoms with van der Waals surface area (Å²) < 4.78 is 1.09. The number of hydrogen-bond donors (Lipinski definition) is 1. The van der Waals surface area contributed by atoms with Gasteiger partial charge in [-0.2, -0.15) is 0 Å². The molecular formula is C13H20BrN3OS. The van der Waals surface area contributed by atoms with Crippen LogP contribution in [-0.4, -0.2) is 55.0 Å². The van der Waals surface area contributed by atoms with Crippen LogP contribution in [0.3, 0.4) is 0 Å². The number of likely N-dealkylation sites (N-methyl/N-ethyl adjacent to an activating group) is 1. The van der Waals surface area contributed by atoms with Crippen molar-refractivity contribution in [2.75, 3.05) is 33.2 Å². The first-order chi connectivity index (χ1) is 9.06. The number of hydrogen-bond acceptors (Lipinski definition) is 4. The number of carbonyl (C=O) groups is 1. The van der Waals surface area contributed by atoms with E-state index in [1.165, 1.54) is 4.88 Å². The molecule has 0 saturated carbocycles. The molecule has 4 nitrogen and oxygen atoms in total. The fourth-order valence-corrected chi connectivity index (χ4v) is 3.67. The molecule has 0 unspecified atom stereocenters. The highest BCUT2D eigenvalue weighted by atomic mass is 79.9. The predicted molar refractivity (Wildman–Crippen MR) is 82.4 cm³/mol. The van der Waals surface area contributed by atoms with Gasteiger partial charge in [-0.15, -0.1) is 11.3 Å². The van der Waals surface area contributed by atoms with Gasteiger partial charge in [-0.3, -0.25) is 9.69 Å². The summed E-state index contributed by atoms with van der Waals surface area (Å²) in [5.41, 5.74) is 0. The van der Waals surface area contributed by atoms with Gasteiger partial charge in [0, 0.05) is 47.5 Å². The third-order valence-electron chi connectivity index (χ3n) is 3.42. The number of nitrogens with zero attached hydrogens (tertiary/aromatic N) is 2. The maximum atomic E-state index is 12.2. The summed E-state index contributed by atoms with van der Waals surface area (Å²) in [4.78, 5) is 17.5. The van der Waals surface area contributed by atoms with Gasteiger partial charge in [0.05, 0.1) is 13.1 Å². The Hall–Kier alpha value is -0.430. The van der Waals surface area contributed by atoms with E-state index >= 15 is 0 Å². The average molecular weight is 346 g/mol. The van der Waals surface area contributed by atoms with Gasteiger partial charge in [0.1, 0.15) is 0 Å². The fourth-order valence-electron chi connectivity index (χ4n) is 2.17. The lowest BCUT2D eigenvalue weighted by molar-refractivity contribution is -0.132. The topological polar surface area (TPSA) is 35.6 Å². The molecule has 1 N–H and O–H groups in total. The second-order valence-corrected chi connectivity index (χ2v) is 6.92. The highest BCUT2D eigenvalue weighted by molar-refractivity contribution is 9.10. The van der Waals surface area contributed by atoms with Gasteiger partial charge in [0.2, 0.25) is 5.91 Å². The van der Waals surface area contributed by atoms with Crippen molar-refractivity contribution in [3.8, 4) is 0 Å². The van der Waals surface area contributed by atoms with E-state index in [2.05, 4.69) is 39.1 Å². The summed E-state index contributed by atoms with van der Waals surface area (Å²) in [6.07, 6.45) is 0. The first-order valence-electron chi connectivity index (χ1n) is 6.48. The van der Waals surface area contributed by atoms with Crippen molar-refractivity contribution in [3.63, 3.8) is 0 Å². The van der Waals surface area contributed by atoms with Crippen molar-refractivity contribution >= 4 is 33.2 Å². The highest BCUT2D eigenvalue weighted by Crippen LogP contribution is 2.20. The molecule has 1 aromatic rings. The van der Waals surface area contributed by atoms with Crippen LogP contribution in [-0.2, 0) is 11.3 Å². The number of halogens is 1. The lowest BCUT2D eigenvalue weighted by Crippen LogP contribution is -2.52. The van der Waals surface area contributed by atoms with Crippen molar-refractivity contribution in [2.45, 2.75) is 19.5 Å². The van der Waals surface area contributed by atoms with Crippen LogP contribution in [0, 0.1) is 0 Å². The largest absolute Gasteiger partial charge is 0.340 e. The monoisotopic (exact) mass is 345 g/mol. The molecule has 1 aliphatic heterocycles. The molecular weight excluding hydrogens is 326 g/mol. The Morgan fingerprint density at radius 3 is 3.11 bits per heavy atom. The predicted octanol–water partition coefficient (Wildman–Crippen LogP) is 1.76. The molecule has 0 aromatic carbocycles. The van der Waals surface area contributed by atoms with Crippen molar-refractivity contribution < 1.29 is 4.79 Å². The molecule has 1 aliphatic rings. The molecule has 0 bridgehead atoms. The van der Waals surface area contributed by atoms with Crippen molar-refractivity contribution in [1.29, 1.82) is 0 Å². The van der Waals surface area contributed by atoms with Crippen molar-refractivity contribution in [1.82, 2.24) is 15.1 Å². The molecule has 19 heavy (non-hydrogen) atoms.